The number of rotatable bonds is 8. The third-order valence-corrected chi connectivity index (χ3v) is 7.23. The molecule has 0 aromatic carbocycles. The molecule has 1 aliphatic rings. The standard InChI is InChI=1S/C29H34N3OP/c1-6-21(4)10-11-24(15-20(2)3)29-22(5)16-23(19-34-29)17-28(33)32-27-13-12-25(18-31-27)26-9-7-8-14-30-26/h7-16,18-19,29,34H,6,17H2,1-5H3,(H,31,32,33)/b21-10+,24-11+. The average Bonchev–Trinajstić information content (AvgIpc) is 2.82. The Balaban J connectivity index is 1.64. The summed E-state index contributed by atoms with van der Waals surface area (Å²) >= 11 is 0. The van der Waals surface area contributed by atoms with Gasteiger partial charge in [-0.3, -0.25) is 9.78 Å². The SMILES string of the molecule is CC/C(C)=C/C=C(\C=C(C)C)C1PC=C(CC(=O)Nc2ccc(-c3ccccn3)cn2)C=C1C. The van der Waals surface area contributed by atoms with Crippen molar-refractivity contribution in [2.24, 2.45) is 0 Å². The molecule has 3 rings (SSSR count). The van der Waals surface area contributed by atoms with Gasteiger partial charge in [-0.25, -0.2) is 4.98 Å². The largest absolute Gasteiger partial charge is 0.310 e. The van der Waals surface area contributed by atoms with Crippen molar-refractivity contribution in [1.82, 2.24) is 9.97 Å². The minimum absolute atomic E-state index is 0.0572. The summed E-state index contributed by atoms with van der Waals surface area (Å²) < 4.78 is 0. The molecule has 3 heterocycles. The Labute approximate surface area is 205 Å². The van der Waals surface area contributed by atoms with Crippen molar-refractivity contribution in [3.8, 4) is 11.3 Å². The van der Waals surface area contributed by atoms with Gasteiger partial charge in [0.1, 0.15) is 5.82 Å². The third-order valence-electron chi connectivity index (χ3n) is 5.57. The number of nitrogens with zero attached hydrogens (tertiary/aromatic N) is 2. The second-order valence-electron chi connectivity index (χ2n) is 8.83. The van der Waals surface area contributed by atoms with Gasteiger partial charge in [0.05, 0.1) is 12.1 Å². The Hall–Kier alpha value is -3.10. The van der Waals surface area contributed by atoms with Crippen LogP contribution >= 0.6 is 8.58 Å². The maximum atomic E-state index is 12.7. The molecule has 2 aromatic rings. The van der Waals surface area contributed by atoms with Gasteiger partial charge in [0.2, 0.25) is 5.91 Å². The second kappa shape index (κ2) is 12.4. The van der Waals surface area contributed by atoms with Gasteiger partial charge in [0.25, 0.3) is 0 Å². The summed E-state index contributed by atoms with van der Waals surface area (Å²) in [4.78, 5) is 21.4. The molecule has 0 radical (unpaired) electrons. The highest BCUT2D eigenvalue weighted by molar-refractivity contribution is 7.43. The number of anilines is 1. The van der Waals surface area contributed by atoms with E-state index in [-0.39, 0.29) is 5.91 Å². The maximum Gasteiger partial charge on any atom is 0.229 e. The highest BCUT2D eigenvalue weighted by Gasteiger charge is 2.19. The van der Waals surface area contributed by atoms with Crippen LogP contribution in [0.4, 0.5) is 5.82 Å². The lowest BCUT2D eigenvalue weighted by Gasteiger charge is -2.23. The Bertz CT molecular complexity index is 1150. The van der Waals surface area contributed by atoms with Crippen molar-refractivity contribution in [3.63, 3.8) is 0 Å². The molecule has 0 bridgehead atoms. The van der Waals surface area contributed by atoms with Gasteiger partial charge in [-0.15, -0.1) is 0 Å². The van der Waals surface area contributed by atoms with Crippen molar-refractivity contribution < 1.29 is 4.79 Å². The van der Waals surface area contributed by atoms with Crippen LogP contribution < -0.4 is 5.32 Å². The first-order valence-corrected chi connectivity index (χ1v) is 12.8. The number of carbonyl (C=O) groups is 1. The predicted octanol–water partition coefficient (Wildman–Crippen LogP) is 7.61. The molecule has 1 N–H and O–H groups in total. The lowest BCUT2D eigenvalue weighted by molar-refractivity contribution is -0.115. The summed E-state index contributed by atoms with van der Waals surface area (Å²) in [6.07, 6.45) is 13.8. The van der Waals surface area contributed by atoms with Crippen LogP contribution in [0.3, 0.4) is 0 Å². The summed E-state index contributed by atoms with van der Waals surface area (Å²) in [5, 5.41) is 2.92. The first kappa shape index (κ1) is 25.5. The van der Waals surface area contributed by atoms with Crippen LogP contribution in [0.25, 0.3) is 11.3 Å². The van der Waals surface area contributed by atoms with Gasteiger partial charge in [-0.2, -0.15) is 0 Å². The molecule has 1 amide bonds. The fraction of sp³-hybridized carbons (Fsp3) is 0.276. The fourth-order valence-electron chi connectivity index (χ4n) is 3.64. The molecule has 5 heteroatoms. The van der Waals surface area contributed by atoms with Gasteiger partial charge in [-0.05, 0) is 69.5 Å². The molecular formula is C29H34N3OP. The van der Waals surface area contributed by atoms with E-state index in [9.17, 15) is 4.79 Å². The van der Waals surface area contributed by atoms with Gasteiger partial charge >= 0.3 is 0 Å². The minimum Gasteiger partial charge on any atom is -0.310 e. The summed E-state index contributed by atoms with van der Waals surface area (Å²) in [7, 11) is 0.612. The average molecular weight is 472 g/mol. The first-order valence-electron chi connectivity index (χ1n) is 11.7. The van der Waals surface area contributed by atoms with E-state index in [1.165, 1.54) is 22.3 Å². The molecule has 0 saturated carbocycles. The van der Waals surface area contributed by atoms with Gasteiger partial charge in [-0.1, -0.05) is 68.4 Å². The molecule has 4 nitrogen and oxygen atoms in total. The number of nitrogens with one attached hydrogen (secondary N) is 1. The summed E-state index contributed by atoms with van der Waals surface area (Å²) in [6.45, 7) is 10.8. The molecule has 0 saturated heterocycles. The maximum absolute atomic E-state index is 12.7. The van der Waals surface area contributed by atoms with Crippen LogP contribution in [-0.4, -0.2) is 21.5 Å². The smallest absolute Gasteiger partial charge is 0.229 e. The van der Waals surface area contributed by atoms with Gasteiger partial charge < -0.3 is 5.32 Å². The molecule has 0 aliphatic carbocycles. The van der Waals surface area contributed by atoms with E-state index in [0.717, 1.165) is 23.3 Å². The van der Waals surface area contributed by atoms with Crippen molar-refractivity contribution in [2.45, 2.75) is 53.1 Å². The van der Waals surface area contributed by atoms with Crippen LogP contribution in [-0.2, 0) is 4.79 Å². The Morgan fingerprint density at radius 2 is 1.94 bits per heavy atom. The molecule has 34 heavy (non-hydrogen) atoms. The molecule has 2 aromatic heterocycles. The number of amides is 1. The summed E-state index contributed by atoms with van der Waals surface area (Å²) in [5.41, 5.74) is 8.50. The van der Waals surface area contributed by atoms with E-state index < -0.39 is 0 Å². The molecule has 1 aliphatic heterocycles. The van der Waals surface area contributed by atoms with Crippen LogP contribution in [0.2, 0.25) is 0 Å². The molecule has 0 spiro atoms. The topological polar surface area (TPSA) is 54.9 Å². The monoisotopic (exact) mass is 471 g/mol. The molecular weight excluding hydrogens is 437 g/mol. The Morgan fingerprint density at radius 3 is 2.56 bits per heavy atom. The van der Waals surface area contributed by atoms with Crippen LogP contribution in [0, 0.1) is 0 Å². The van der Waals surface area contributed by atoms with Gasteiger partial charge in [0.15, 0.2) is 0 Å². The van der Waals surface area contributed by atoms with Crippen molar-refractivity contribution in [1.29, 1.82) is 0 Å². The Morgan fingerprint density at radius 1 is 1.12 bits per heavy atom. The van der Waals surface area contributed by atoms with E-state index in [1.807, 2.05) is 30.3 Å². The highest BCUT2D eigenvalue weighted by Crippen LogP contribution is 2.40. The van der Waals surface area contributed by atoms with Crippen molar-refractivity contribution >= 4 is 20.3 Å². The normalized spacial score (nSPS) is 17.1. The fourth-order valence-corrected chi connectivity index (χ4v) is 4.93. The highest BCUT2D eigenvalue weighted by atomic mass is 31.1. The number of pyridine rings is 2. The number of aromatic nitrogens is 2. The van der Waals surface area contributed by atoms with Crippen molar-refractivity contribution in [2.75, 3.05) is 5.32 Å². The zero-order chi connectivity index (χ0) is 24.5. The quantitative estimate of drug-likeness (QED) is 0.318. The predicted molar refractivity (Wildman–Crippen MR) is 146 cm³/mol. The zero-order valence-corrected chi connectivity index (χ0v) is 21.7. The van der Waals surface area contributed by atoms with Crippen LogP contribution in [0.1, 0.15) is 47.5 Å². The number of allylic oxidation sites excluding steroid dienone is 8. The first-order chi connectivity index (χ1) is 16.4. The number of carbonyl (C=O) groups excluding carboxylic acids is 1. The zero-order valence-electron chi connectivity index (χ0n) is 20.7. The molecule has 0 fully saturated rings. The number of hydrogen-bond donors (Lipinski definition) is 1. The third kappa shape index (κ3) is 7.46. The van der Waals surface area contributed by atoms with E-state index >= 15 is 0 Å². The lowest BCUT2D eigenvalue weighted by atomic mass is 9.99. The summed E-state index contributed by atoms with van der Waals surface area (Å²) in [5.74, 6) is 2.71. The van der Waals surface area contributed by atoms with E-state index in [4.69, 9.17) is 0 Å². The van der Waals surface area contributed by atoms with Crippen molar-refractivity contribution in [3.05, 3.63) is 101 Å². The van der Waals surface area contributed by atoms with E-state index in [0.29, 0.717) is 26.5 Å². The summed E-state index contributed by atoms with van der Waals surface area (Å²) in [6, 6.07) is 9.50. The van der Waals surface area contributed by atoms with Crippen LogP contribution in [0.5, 0.6) is 0 Å². The molecule has 2 atom stereocenters. The minimum atomic E-state index is -0.0572. The van der Waals surface area contributed by atoms with E-state index in [1.54, 1.807) is 12.4 Å². The molecule has 2 unspecified atom stereocenters. The van der Waals surface area contributed by atoms with Crippen LogP contribution in [0.15, 0.2) is 101 Å². The second-order valence-corrected chi connectivity index (χ2v) is 10.0. The molecule has 176 valence electrons. The van der Waals surface area contributed by atoms with Gasteiger partial charge in [0, 0.05) is 23.6 Å². The Kier molecular flexibility index (Phi) is 9.30. The van der Waals surface area contributed by atoms with E-state index in [2.05, 4.69) is 80.0 Å². The number of hydrogen-bond acceptors (Lipinski definition) is 3. The lowest BCUT2D eigenvalue weighted by Crippen LogP contribution is -2.15.